The molecule has 3 aliphatic heterocycles. The Morgan fingerprint density at radius 3 is 2.88 bits per heavy atom. The molecule has 2 bridgehead atoms. The lowest BCUT2D eigenvalue weighted by molar-refractivity contribution is 0.284. The summed E-state index contributed by atoms with van der Waals surface area (Å²) in [6.07, 6.45) is 6.64. The molecule has 0 N–H and O–H groups in total. The van der Waals surface area contributed by atoms with Gasteiger partial charge in [-0.3, -0.25) is 4.90 Å². The second kappa shape index (κ2) is 6.02. The largest absolute Gasteiger partial charge is 0.373 e. The Kier molecular flexibility index (Phi) is 3.78. The number of aryl methyl sites for hydroxylation is 1. The highest BCUT2D eigenvalue weighted by atomic mass is 32.2. The maximum atomic E-state index is 4.90. The smallest absolute Gasteiger partial charge is 0.159 e. The standard InChI is InChI=1S/C19H25N5S/c1-13-11-20-19-17(21-13)16-15-4-3-14(12-22(15)2)18(16)24(19)6-5-23-7-9-25-10-8-23/h11-12,15H,3-10H2,1-2H3. The molecule has 2 aromatic rings. The van der Waals surface area contributed by atoms with Crippen molar-refractivity contribution < 1.29 is 0 Å². The highest BCUT2D eigenvalue weighted by Crippen LogP contribution is 2.48. The molecule has 5 nitrogen and oxygen atoms in total. The summed E-state index contributed by atoms with van der Waals surface area (Å²) in [5.41, 5.74) is 7.53. The van der Waals surface area contributed by atoms with E-state index in [2.05, 4.69) is 39.4 Å². The van der Waals surface area contributed by atoms with Crippen LogP contribution in [-0.2, 0) is 6.54 Å². The molecule has 0 saturated carbocycles. The van der Waals surface area contributed by atoms with Crippen LogP contribution in [0, 0.1) is 6.92 Å². The van der Waals surface area contributed by atoms with Crippen molar-refractivity contribution in [3.05, 3.63) is 29.3 Å². The minimum absolute atomic E-state index is 0.457. The van der Waals surface area contributed by atoms with Crippen LogP contribution in [0.1, 0.15) is 35.8 Å². The van der Waals surface area contributed by atoms with Gasteiger partial charge in [0.1, 0.15) is 5.52 Å². The first kappa shape index (κ1) is 15.7. The fourth-order valence-electron chi connectivity index (χ4n) is 4.58. The summed E-state index contributed by atoms with van der Waals surface area (Å²) in [5.74, 6) is 2.53. The van der Waals surface area contributed by atoms with Crippen molar-refractivity contribution >= 4 is 28.5 Å². The molecule has 6 heteroatoms. The molecule has 4 aliphatic rings. The molecule has 132 valence electrons. The Morgan fingerprint density at radius 2 is 2.08 bits per heavy atom. The normalized spacial score (nSPS) is 23.2. The topological polar surface area (TPSA) is 37.2 Å². The highest BCUT2D eigenvalue weighted by molar-refractivity contribution is 7.99. The Hall–Kier alpha value is -1.53. The lowest BCUT2D eigenvalue weighted by Crippen LogP contribution is -2.35. The van der Waals surface area contributed by atoms with Crippen LogP contribution >= 0.6 is 11.8 Å². The van der Waals surface area contributed by atoms with Gasteiger partial charge >= 0.3 is 0 Å². The summed E-state index contributed by atoms with van der Waals surface area (Å²) in [4.78, 5) is 14.7. The van der Waals surface area contributed by atoms with Crippen LogP contribution in [0.5, 0.6) is 0 Å². The molecule has 0 amide bonds. The molecule has 0 radical (unpaired) electrons. The molecule has 1 fully saturated rings. The van der Waals surface area contributed by atoms with Crippen molar-refractivity contribution in [2.24, 2.45) is 0 Å². The molecule has 1 saturated heterocycles. The number of nitrogens with zero attached hydrogens (tertiary/aromatic N) is 5. The third kappa shape index (κ3) is 2.49. The average Bonchev–Trinajstić information content (AvgIpc) is 2.96. The molecule has 0 spiro atoms. The van der Waals surface area contributed by atoms with E-state index in [9.17, 15) is 0 Å². The summed E-state index contributed by atoms with van der Waals surface area (Å²) < 4.78 is 2.46. The van der Waals surface area contributed by atoms with Gasteiger partial charge in [0.15, 0.2) is 5.65 Å². The predicted molar refractivity (Wildman–Crippen MR) is 104 cm³/mol. The summed E-state index contributed by atoms with van der Waals surface area (Å²) in [6.45, 7) is 6.60. The number of rotatable bonds is 3. The molecule has 2 aromatic heterocycles. The second-order valence-corrected chi connectivity index (χ2v) is 8.65. The van der Waals surface area contributed by atoms with E-state index in [1.165, 1.54) is 54.3 Å². The van der Waals surface area contributed by atoms with Crippen molar-refractivity contribution in [2.75, 3.05) is 38.2 Å². The van der Waals surface area contributed by atoms with Gasteiger partial charge in [0, 0.05) is 56.5 Å². The van der Waals surface area contributed by atoms with Gasteiger partial charge < -0.3 is 9.47 Å². The first-order chi connectivity index (χ1) is 12.2. The van der Waals surface area contributed by atoms with E-state index in [0.29, 0.717) is 6.04 Å². The van der Waals surface area contributed by atoms with Crippen LogP contribution in [-0.4, -0.2) is 62.5 Å². The van der Waals surface area contributed by atoms with Gasteiger partial charge in [-0.05, 0) is 25.3 Å². The maximum Gasteiger partial charge on any atom is 0.159 e. The van der Waals surface area contributed by atoms with Crippen LogP contribution in [0.2, 0.25) is 0 Å². The molecule has 1 atom stereocenters. The Morgan fingerprint density at radius 1 is 1.24 bits per heavy atom. The Bertz CT molecular complexity index is 849. The zero-order valence-corrected chi connectivity index (χ0v) is 15.8. The first-order valence-corrected chi connectivity index (χ1v) is 10.5. The van der Waals surface area contributed by atoms with E-state index in [1.807, 2.05) is 13.1 Å². The van der Waals surface area contributed by atoms with Gasteiger partial charge in [-0.1, -0.05) is 0 Å². The summed E-state index contributed by atoms with van der Waals surface area (Å²) >= 11 is 2.07. The average molecular weight is 356 g/mol. The molecule has 1 aliphatic carbocycles. The van der Waals surface area contributed by atoms with Crippen molar-refractivity contribution in [2.45, 2.75) is 32.4 Å². The fourth-order valence-corrected chi connectivity index (χ4v) is 5.56. The summed E-state index contributed by atoms with van der Waals surface area (Å²) in [7, 11) is 2.20. The van der Waals surface area contributed by atoms with E-state index < -0.39 is 0 Å². The molecular weight excluding hydrogens is 330 g/mol. The minimum atomic E-state index is 0.457. The predicted octanol–water partition coefficient (Wildman–Crippen LogP) is 2.91. The van der Waals surface area contributed by atoms with Crippen LogP contribution in [0.15, 0.2) is 12.4 Å². The Balaban J connectivity index is 1.59. The third-order valence-corrected chi connectivity index (χ3v) is 6.77. The number of hydrogen-bond donors (Lipinski definition) is 0. The lowest BCUT2D eigenvalue weighted by Gasteiger charge is -2.38. The fraction of sp³-hybridized carbons (Fsp3) is 0.579. The van der Waals surface area contributed by atoms with Gasteiger partial charge in [-0.25, -0.2) is 9.97 Å². The van der Waals surface area contributed by atoms with E-state index >= 15 is 0 Å². The van der Waals surface area contributed by atoms with Crippen molar-refractivity contribution in [3.63, 3.8) is 0 Å². The summed E-state index contributed by atoms with van der Waals surface area (Å²) in [5, 5.41) is 0. The monoisotopic (exact) mass is 355 g/mol. The second-order valence-electron chi connectivity index (χ2n) is 7.43. The van der Waals surface area contributed by atoms with Gasteiger partial charge in [0.05, 0.1) is 23.6 Å². The third-order valence-electron chi connectivity index (χ3n) is 5.83. The van der Waals surface area contributed by atoms with Gasteiger partial charge in [-0.15, -0.1) is 0 Å². The number of fused-ring (bicyclic) bond motifs is 3. The number of hydrogen-bond acceptors (Lipinski definition) is 5. The zero-order chi connectivity index (χ0) is 17.0. The Labute approximate surface area is 153 Å². The quantitative estimate of drug-likeness (QED) is 0.846. The van der Waals surface area contributed by atoms with Crippen molar-refractivity contribution in [1.82, 2.24) is 24.3 Å². The van der Waals surface area contributed by atoms with Crippen LogP contribution in [0.3, 0.4) is 0 Å². The molecule has 6 rings (SSSR count). The summed E-state index contributed by atoms with van der Waals surface area (Å²) in [6, 6.07) is 0.457. The van der Waals surface area contributed by atoms with Crippen molar-refractivity contribution in [1.29, 1.82) is 0 Å². The van der Waals surface area contributed by atoms with E-state index in [0.717, 1.165) is 29.9 Å². The minimum Gasteiger partial charge on any atom is -0.373 e. The van der Waals surface area contributed by atoms with Gasteiger partial charge in [0.25, 0.3) is 0 Å². The van der Waals surface area contributed by atoms with Crippen molar-refractivity contribution in [3.8, 4) is 0 Å². The van der Waals surface area contributed by atoms with Crippen LogP contribution in [0.25, 0.3) is 16.7 Å². The van der Waals surface area contributed by atoms with Crippen LogP contribution in [0.4, 0.5) is 0 Å². The molecule has 1 unspecified atom stereocenters. The molecule has 5 heterocycles. The van der Waals surface area contributed by atoms with E-state index in [1.54, 1.807) is 0 Å². The van der Waals surface area contributed by atoms with E-state index in [4.69, 9.17) is 9.97 Å². The first-order valence-electron chi connectivity index (χ1n) is 9.31. The van der Waals surface area contributed by atoms with Crippen LogP contribution < -0.4 is 0 Å². The molecular formula is C19H25N5S. The SMILES string of the molecule is Cc1cnc2c(n1)c1c(n2CCN2CCSCC2)C2=CN(C)C1CC2. The van der Waals surface area contributed by atoms with E-state index in [-0.39, 0.29) is 0 Å². The number of aromatic nitrogens is 3. The highest BCUT2D eigenvalue weighted by Gasteiger charge is 2.37. The molecule has 0 aromatic carbocycles. The van der Waals surface area contributed by atoms with Gasteiger partial charge in [0.2, 0.25) is 0 Å². The zero-order valence-electron chi connectivity index (χ0n) is 15.0. The number of thioether (sulfide) groups is 1. The van der Waals surface area contributed by atoms with Gasteiger partial charge in [-0.2, -0.15) is 11.8 Å². The molecule has 25 heavy (non-hydrogen) atoms. The maximum absolute atomic E-state index is 4.90. The number of allylic oxidation sites excluding steroid dienone is 1. The lowest BCUT2D eigenvalue weighted by atomic mass is 9.84.